The first-order valence-electron chi connectivity index (χ1n) is 11.0. The lowest BCUT2D eigenvalue weighted by atomic mass is 9.86. The van der Waals surface area contributed by atoms with Crippen molar-refractivity contribution in [1.82, 2.24) is 25.0 Å². The summed E-state index contributed by atoms with van der Waals surface area (Å²) in [5.41, 5.74) is 4.23. The number of aryl methyl sites for hydroxylation is 1. The van der Waals surface area contributed by atoms with Gasteiger partial charge in [0.05, 0.1) is 31.3 Å². The van der Waals surface area contributed by atoms with Crippen molar-refractivity contribution in [3.8, 4) is 28.7 Å². The number of aromatic nitrogens is 5. The fraction of sp³-hybridized carbons (Fsp3) is 0.240. The first kappa shape index (κ1) is 21.6. The Hall–Kier alpha value is -4.27. The van der Waals surface area contributed by atoms with Crippen LogP contribution in [-0.2, 0) is 4.79 Å². The van der Waals surface area contributed by atoms with Crippen LogP contribution in [-0.4, -0.2) is 44.6 Å². The molecule has 0 radical (unpaired) electrons. The second-order valence-electron chi connectivity index (χ2n) is 7.94. The normalized spacial score (nSPS) is 14.9. The van der Waals surface area contributed by atoms with Gasteiger partial charge in [0.15, 0.2) is 0 Å². The SMILES string of the molecule is CCOc1cccc(C2CC(=O)Nc3c2c(C)nn3-c2nncc(-c3ccc(OC)cc3)n2)c1. The van der Waals surface area contributed by atoms with Crippen molar-refractivity contribution in [2.24, 2.45) is 0 Å². The fourth-order valence-corrected chi connectivity index (χ4v) is 4.25. The van der Waals surface area contributed by atoms with Gasteiger partial charge in [0, 0.05) is 23.5 Å². The molecule has 3 heterocycles. The van der Waals surface area contributed by atoms with Gasteiger partial charge < -0.3 is 14.8 Å². The Kier molecular flexibility index (Phi) is 5.67. The second kappa shape index (κ2) is 8.93. The van der Waals surface area contributed by atoms with Crippen LogP contribution in [0.25, 0.3) is 17.2 Å². The van der Waals surface area contributed by atoms with E-state index in [0.717, 1.165) is 33.9 Å². The summed E-state index contributed by atoms with van der Waals surface area (Å²) in [7, 11) is 1.62. The number of methoxy groups -OCH3 is 1. The zero-order valence-electron chi connectivity index (χ0n) is 19.1. The lowest BCUT2D eigenvalue weighted by Gasteiger charge is -2.24. The van der Waals surface area contributed by atoms with Crippen LogP contribution in [0.5, 0.6) is 11.5 Å². The third-order valence-corrected chi connectivity index (χ3v) is 5.80. The van der Waals surface area contributed by atoms with Gasteiger partial charge in [-0.15, -0.1) is 5.10 Å². The summed E-state index contributed by atoms with van der Waals surface area (Å²) in [6.07, 6.45) is 1.91. The Morgan fingerprint density at radius 3 is 2.74 bits per heavy atom. The molecular weight excluding hydrogens is 432 g/mol. The Balaban J connectivity index is 1.56. The number of hydrogen-bond acceptors (Lipinski definition) is 7. The van der Waals surface area contributed by atoms with Crippen LogP contribution < -0.4 is 14.8 Å². The molecule has 0 saturated heterocycles. The molecule has 2 aromatic heterocycles. The van der Waals surface area contributed by atoms with E-state index in [1.54, 1.807) is 18.0 Å². The first-order chi connectivity index (χ1) is 16.6. The Labute approximate surface area is 196 Å². The number of ether oxygens (including phenoxy) is 2. The number of benzene rings is 2. The number of anilines is 1. The van der Waals surface area contributed by atoms with Crippen LogP contribution in [0.2, 0.25) is 0 Å². The van der Waals surface area contributed by atoms with E-state index in [0.29, 0.717) is 24.5 Å². The van der Waals surface area contributed by atoms with Crippen molar-refractivity contribution in [1.29, 1.82) is 0 Å². The summed E-state index contributed by atoms with van der Waals surface area (Å²) in [5.74, 6) is 2.12. The predicted molar refractivity (Wildman–Crippen MR) is 126 cm³/mol. The molecule has 0 aliphatic carbocycles. The van der Waals surface area contributed by atoms with Crippen LogP contribution in [0.3, 0.4) is 0 Å². The van der Waals surface area contributed by atoms with Crippen LogP contribution in [0.4, 0.5) is 5.82 Å². The molecule has 5 rings (SSSR count). The van der Waals surface area contributed by atoms with Crippen molar-refractivity contribution in [3.05, 3.63) is 71.5 Å². The van der Waals surface area contributed by atoms with E-state index in [-0.39, 0.29) is 17.8 Å². The zero-order chi connectivity index (χ0) is 23.7. The highest BCUT2D eigenvalue weighted by Crippen LogP contribution is 2.40. The van der Waals surface area contributed by atoms with Gasteiger partial charge in [-0.05, 0) is 55.8 Å². The Morgan fingerprint density at radius 2 is 1.97 bits per heavy atom. The maximum absolute atomic E-state index is 12.7. The fourth-order valence-electron chi connectivity index (χ4n) is 4.25. The minimum absolute atomic E-state index is 0.0975. The molecular formula is C25H24N6O3. The molecule has 1 atom stereocenters. The number of carbonyl (C=O) groups excluding carboxylic acids is 1. The third kappa shape index (κ3) is 3.96. The number of hydrogen-bond donors (Lipinski definition) is 1. The van der Waals surface area contributed by atoms with Crippen LogP contribution >= 0.6 is 0 Å². The molecule has 0 fully saturated rings. The van der Waals surface area contributed by atoms with Gasteiger partial charge in [0.25, 0.3) is 5.95 Å². The highest BCUT2D eigenvalue weighted by atomic mass is 16.5. The summed E-state index contributed by atoms with van der Waals surface area (Å²) in [6.45, 7) is 4.44. The van der Waals surface area contributed by atoms with Crippen LogP contribution in [0.1, 0.15) is 36.1 Å². The molecule has 1 amide bonds. The van der Waals surface area contributed by atoms with Crippen molar-refractivity contribution in [3.63, 3.8) is 0 Å². The molecule has 172 valence electrons. The molecule has 1 unspecified atom stereocenters. The largest absolute Gasteiger partial charge is 0.497 e. The van der Waals surface area contributed by atoms with Crippen LogP contribution in [0, 0.1) is 6.92 Å². The molecule has 2 aromatic carbocycles. The van der Waals surface area contributed by atoms with Gasteiger partial charge in [0.1, 0.15) is 17.3 Å². The molecule has 4 aromatic rings. The van der Waals surface area contributed by atoms with Gasteiger partial charge in [-0.2, -0.15) is 14.9 Å². The number of amides is 1. The molecule has 9 nitrogen and oxygen atoms in total. The van der Waals surface area contributed by atoms with Gasteiger partial charge in [-0.3, -0.25) is 4.79 Å². The minimum atomic E-state index is -0.157. The molecule has 1 aliphatic heterocycles. The summed E-state index contributed by atoms with van der Waals surface area (Å²) in [6, 6.07) is 15.4. The summed E-state index contributed by atoms with van der Waals surface area (Å²) >= 11 is 0. The monoisotopic (exact) mass is 456 g/mol. The molecule has 9 heteroatoms. The number of nitrogens with one attached hydrogen (secondary N) is 1. The zero-order valence-corrected chi connectivity index (χ0v) is 19.1. The van der Waals surface area contributed by atoms with Crippen molar-refractivity contribution < 1.29 is 14.3 Å². The minimum Gasteiger partial charge on any atom is -0.497 e. The van der Waals surface area contributed by atoms with E-state index < -0.39 is 0 Å². The maximum Gasteiger partial charge on any atom is 0.272 e. The predicted octanol–water partition coefficient (Wildman–Crippen LogP) is 3.91. The Morgan fingerprint density at radius 1 is 1.15 bits per heavy atom. The van der Waals surface area contributed by atoms with Crippen molar-refractivity contribution >= 4 is 11.7 Å². The molecule has 0 spiro atoms. The highest BCUT2D eigenvalue weighted by molar-refractivity contribution is 5.95. The van der Waals surface area contributed by atoms with Crippen molar-refractivity contribution in [2.75, 3.05) is 19.0 Å². The van der Waals surface area contributed by atoms with Crippen LogP contribution in [0.15, 0.2) is 54.7 Å². The van der Waals surface area contributed by atoms with E-state index in [1.165, 1.54) is 0 Å². The topological polar surface area (TPSA) is 104 Å². The number of rotatable bonds is 6. The highest BCUT2D eigenvalue weighted by Gasteiger charge is 2.33. The van der Waals surface area contributed by atoms with Gasteiger partial charge in [-0.25, -0.2) is 4.98 Å². The average molecular weight is 457 g/mol. The summed E-state index contributed by atoms with van der Waals surface area (Å²) in [4.78, 5) is 17.4. The van der Waals surface area contributed by atoms with E-state index in [2.05, 4.69) is 25.6 Å². The molecule has 1 aliphatic rings. The smallest absolute Gasteiger partial charge is 0.272 e. The second-order valence-corrected chi connectivity index (χ2v) is 7.94. The van der Waals surface area contributed by atoms with Gasteiger partial charge in [-0.1, -0.05) is 12.1 Å². The summed E-state index contributed by atoms with van der Waals surface area (Å²) < 4.78 is 12.5. The van der Waals surface area contributed by atoms with E-state index in [9.17, 15) is 4.79 Å². The quantitative estimate of drug-likeness (QED) is 0.469. The molecule has 0 saturated carbocycles. The lowest BCUT2D eigenvalue weighted by molar-refractivity contribution is -0.116. The van der Waals surface area contributed by atoms with Gasteiger partial charge in [0.2, 0.25) is 5.91 Å². The first-order valence-corrected chi connectivity index (χ1v) is 11.0. The number of carbonyl (C=O) groups is 1. The lowest BCUT2D eigenvalue weighted by Crippen LogP contribution is -2.25. The number of fused-ring (bicyclic) bond motifs is 1. The van der Waals surface area contributed by atoms with E-state index >= 15 is 0 Å². The van der Waals surface area contributed by atoms with E-state index in [1.807, 2.05) is 62.4 Å². The summed E-state index contributed by atoms with van der Waals surface area (Å²) in [5, 5.41) is 16.0. The van der Waals surface area contributed by atoms with Crippen molar-refractivity contribution in [2.45, 2.75) is 26.2 Å². The van der Waals surface area contributed by atoms with Gasteiger partial charge >= 0.3 is 0 Å². The average Bonchev–Trinajstić information content (AvgIpc) is 3.20. The van der Waals surface area contributed by atoms with E-state index in [4.69, 9.17) is 9.47 Å². The molecule has 1 N–H and O–H groups in total. The standard InChI is InChI=1S/C25H24N6O3/c1-4-34-19-7-5-6-17(12-19)20-13-22(32)28-24-23(20)15(2)30-31(24)25-27-21(14-26-29-25)16-8-10-18(33-3)11-9-16/h5-12,14,20H,4,13H2,1-3H3,(H,28,32). The Bertz CT molecular complexity index is 1350. The molecule has 0 bridgehead atoms. The molecule has 34 heavy (non-hydrogen) atoms. The maximum atomic E-state index is 12.7. The number of nitrogens with zero attached hydrogens (tertiary/aromatic N) is 5. The third-order valence-electron chi connectivity index (χ3n) is 5.80.